The van der Waals surface area contributed by atoms with Crippen LogP contribution in [0.1, 0.15) is 59.3 Å². The molecule has 2 saturated carbocycles. The molecule has 4 heteroatoms. The van der Waals surface area contributed by atoms with Gasteiger partial charge in [0, 0.05) is 17.4 Å². The number of ketones is 1. The highest BCUT2D eigenvalue weighted by Crippen LogP contribution is 2.65. The van der Waals surface area contributed by atoms with Gasteiger partial charge in [0.1, 0.15) is 11.0 Å². The molecule has 0 aliphatic heterocycles. The quantitative estimate of drug-likeness (QED) is 0.759. The summed E-state index contributed by atoms with van der Waals surface area (Å²) < 4.78 is 0. The molecule has 0 aromatic carbocycles. The molecule has 0 aromatic rings. The number of aliphatic carboxylic acids is 1. The molecule has 0 spiro atoms. The number of aliphatic hydroxyl groups is 1. The zero-order valence-corrected chi connectivity index (χ0v) is 14.9. The Labute approximate surface area is 143 Å². The van der Waals surface area contributed by atoms with Gasteiger partial charge in [-0.1, -0.05) is 39.3 Å². The van der Waals surface area contributed by atoms with E-state index < -0.39 is 17.0 Å². The third kappa shape index (κ3) is 2.01. The molecular weight excluding hydrogens is 304 g/mol. The van der Waals surface area contributed by atoms with Crippen LogP contribution in [0.5, 0.6) is 0 Å². The lowest BCUT2D eigenvalue weighted by Crippen LogP contribution is -2.67. The van der Waals surface area contributed by atoms with Crippen LogP contribution in [0, 0.1) is 22.2 Å². The van der Waals surface area contributed by atoms with Crippen LogP contribution in [0.25, 0.3) is 0 Å². The largest absolute Gasteiger partial charge is 0.481 e. The lowest BCUT2D eigenvalue weighted by Gasteiger charge is -2.61. The van der Waals surface area contributed by atoms with Gasteiger partial charge in [0.25, 0.3) is 0 Å². The molecule has 4 atom stereocenters. The van der Waals surface area contributed by atoms with Crippen LogP contribution < -0.4 is 0 Å². The average Bonchev–Trinajstić information content (AvgIpc) is 2.50. The van der Waals surface area contributed by atoms with Gasteiger partial charge in [0.2, 0.25) is 0 Å². The van der Waals surface area contributed by atoms with Crippen molar-refractivity contribution in [2.45, 2.75) is 64.9 Å². The predicted octanol–water partition coefficient (Wildman–Crippen LogP) is 3.50. The van der Waals surface area contributed by atoms with Gasteiger partial charge in [-0.3, -0.25) is 9.59 Å². The van der Waals surface area contributed by atoms with Gasteiger partial charge in [-0.2, -0.15) is 0 Å². The number of Topliss-reactive ketones (excluding diaryl/α,β-unsaturated/α-hetero) is 1. The van der Waals surface area contributed by atoms with Crippen molar-refractivity contribution in [2.75, 3.05) is 0 Å². The summed E-state index contributed by atoms with van der Waals surface area (Å²) in [5, 5.41) is 21.8. The monoisotopic (exact) mass is 332 g/mol. The number of carboxylic acids is 1. The first-order chi connectivity index (χ1) is 11.0. The Hall–Kier alpha value is -1.42. The second-order valence-corrected chi connectivity index (χ2v) is 8.93. The molecule has 24 heavy (non-hydrogen) atoms. The first-order valence-corrected chi connectivity index (χ1v) is 8.88. The van der Waals surface area contributed by atoms with E-state index in [9.17, 15) is 19.8 Å². The van der Waals surface area contributed by atoms with E-state index >= 15 is 0 Å². The Morgan fingerprint density at radius 2 is 1.92 bits per heavy atom. The summed E-state index contributed by atoms with van der Waals surface area (Å²) in [5.41, 5.74) is -3.16. The van der Waals surface area contributed by atoms with Crippen LogP contribution in [0.2, 0.25) is 0 Å². The highest BCUT2D eigenvalue weighted by Gasteiger charge is 2.70. The van der Waals surface area contributed by atoms with Crippen molar-refractivity contribution in [2.24, 2.45) is 22.2 Å². The number of carbonyl (C=O) groups excluding carboxylic acids is 1. The SMILES string of the molecule is C=CC1(C)C=C2C(=O)CC3C(C)(C)CCCC3(C(=O)O)C2(O)CC1. The summed E-state index contributed by atoms with van der Waals surface area (Å²) in [6.07, 6.45) is 6.77. The van der Waals surface area contributed by atoms with E-state index in [0.29, 0.717) is 24.8 Å². The number of fused-ring (bicyclic) bond motifs is 3. The standard InChI is InChI=1S/C20H28O4/c1-5-18(4)9-10-20(24)13(12-18)14(21)11-15-17(2,3)7-6-8-19(15,20)16(22)23/h5,12,15,24H,1,6-11H2,2-4H3,(H,22,23). The lowest BCUT2D eigenvalue weighted by molar-refractivity contribution is -0.202. The van der Waals surface area contributed by atoms with Crippen molar-refractivity contribution in [1.29, 1.82) is 0 Å². The third-order valence-corrected chi connectivity index (χ3v) is 7.15. The minimum absolute atomic E-state index is 0.0953. The number of allylic oxidation sites excluding steroid dienone is 2. The summed E-state index contributed by atoms with van der Waals surface area (Å²) in [5.74, 6) is -1.38. The van der Waals surface area contributed by atoms with E-state index in [1.54, 1.807) is 12.2 Å². The molecule has 0 saturated heterocycles. The number of hydrogen-bond donors (Lipinski definition) is 2. The van der Waals surface area contributed by atoms with Crippen molar-refractivity contribution in [3.05, 3.63) is 24.3 Å². The third-order valence-electron chi connectivity index (χ3n) is 7.15. The van der Waals surface area contributed by atoms with Crippen LogP contribution >= 0.6 is 0 Å². The maximum atomic E-state index is 12.9. The fourth-order valence-electron chi connectivity index (χ4n) is 5.55. The second kappa shape index (κ2) is 5.04. The van der Waals surface area contributed by atoms with Gasteiger partial charge >= 0.3 is 5.97 Å². The van der Waals surface area contributed by atoms with E-state index in [-0.39, 0.29) is 29.0 Å². The van der Waals surface area contributed by atoms with Crippen LogP contribution in [-0.2, 0) is 9.59 Å². The molecule has 132 valence electrons. The number of carboxylic acid groups (broad SMARTS) is 1. The molecule has 0 amide bonds. The fourth-order valence-corrected chi connectivity index (χ4v) is 5.55. The van der Waals surface area contributed by atoms with Gasteiger partial charge in [0.15, 0.2) is 5.78 Å². The molecule has 2 N–H and O–H groups in total. The Balaban J connectivity index is 2.24. The van der Waals surface area contributed by atoms with Crippen LogP contribution in [-0.4, -0.2) is 27.6 Å². The Morgan fingerprint density at radius 3 is 2.50 bits per heavy atom. The van der Waals surface area contributed by atoms with Gasteiger partial charge in [0.05, 0.1) is 0 Å². The molecule has 3 aliphatic carbocycles. The van der Waals surface area contributed by atoms with Gasteiger partial charge in [-0.05, 0) is 37.0 Å². The minimum atomic E-state index is -1.57. The number of hydrogen-bond acceptors (Lipinski definition) is 3. The van der Waals surface area contributed by atoms with E-state index in [0.717, 1.165) is 12.8 Å². The van der Waals surface area contributed by atoms with Crippen molar-refractivity contribution in [1.82, 2.24) is 0 Å². The van der Waals surface area contributed by atoms with E-state index in [2.05, 4.69) is 6.58 Å². The molecule has 0 bridgehead atoms. The normalized spacial score (nSPS) is 44.1. The molecule has 2 fully saturated rings. The zero-order valence-electron chi connectivity index (χ0n) is 14.9. The Kier molecular flexibility index (Phi) is 3.66. The average molecular weight is 332 g/mol. The van der Waals surface area contributed by atoms with Crippen LogP contribution in [0.3, 0.4) is 0 Å². The molecule has 4 nitrogen and oxygen atoms in total. The molecule has 3 rings (SSSR count). The first-order valence-electron chi connectivity index (χ1n) is 8.88. The molecule has 3 aliphatic rings. The van der Waals surface area contributed by atoms with Crippen molar-refractivity contribution in [3.8, 4) is 0 Å². The summed E-state index contributed by atoms with van der Waals surface area (Å²) in [6.45, 7) is 9.90. The maximum absolute atomic E-state index is 12.9. The predicted molar refractivity (Wildman–Crippen MR) is 91.4 cm³/mol. The highest BCUT2D eigenvalue weighted by atomic mass is 16.4. The van der Waals surface area contributed by atoms with E-state index in [4.69, 9.17) is 0 Å². The molecule has 4 unspecified atom stereocenters. The van der Waals surface area contributed by atoms with Crippen LogP contribution in [0.4, 0.5) is 0 Å². The second-order valence-electron chi connectivity index (χ2n) is 8.93. The van der Waals surface area contributed by atoms with Gasteiger partial charge in [-0.25, -0.2) is 0 Å². The smallest absolute Gasteiger partial charge is 0.313 e. The molecule has 0 radical (unpaired) electrons. The number of rotatable bonds is 2. The van der Waals surface area contributed by atoms with Gasteiger partial charge in [-0.15, -0.1) is 6.58 Å². The summed E-state index contributed by atoms with van der Waals surface area (Å²) in [4.78, 5) is 25.4. The Bertz CT molecular complexity index is 646. The van der Waals surface area contributed by atoms with E-state index in [1.807, 2.05) is 20.8 Å². The summed E-state index contributed by atoms with van der Waals surface area (Å²) >= 11 is 0. The fraction of sp³-hybridized carbons (Fsp3) is 0.700. The summed E-state index contributed by atoms with van der Waals surface area (Å²) in [7, 11) is 0. The van der Waals surface area contributed by atoms with Gasteiger partial charge < -0.3 is 10.2 Å². The lowest BCUT2D eigenvalue weighted by atomic mass is 9.42. The summed E-state index contributed by atoms with van der Waals surface area (Å²) in [6, 6.07) is 0. The van der Waals surface area contributed by atoms with Crippen LogP contribution in [0.15, 0.2) is 24.3 Å². The number of carbonyl (C=O) groups is 2. The van der Waals surface area contributed by atoms with Crippen molar-refractivity contribution >= 4 is 11.8 Å². The van der Waals surface area contributed by atoms with Crippen molar-refractivity contribution < 1.29 is 19.8 Å². The molecule has 0 aromatic heterocycles. The minimum Gasteiger partial charge on any atom is -0.481 e. The van der Waals surface area contributed by atoms with E-state index in [1.165, 1.54) is 0 Å². The highest BCUT2D eigenvalue weighted by molar-refractivity contribution is 6.02. The first kappa shape index (κ1) is 17.4. The van der Waals surface area contributed by atoms with Crippen molar-refractivity contribution in [3.63, 3.8) is 0 Å². The molecular formula is C20H28O4. The Morgan fingerprint density at radius 1 is 1.25 bits per heavy atom. The maximum Gasteiger partial charge on any atom is 0.313 e. The topological polar surface area (TPSA) is 74.6 Å². The zero-order chi connectivity index (χ0) is 18.0. The molecule has 0 heterocycles.